The van der Waals surface area contributed by atoms with E-state index in [2.05, 4.69) is 0 Å². The highest BCUT2D eigenvalue weighted by Gasteiger charge is 2.41. The van der Waals surface area contributed by atoms with Gasteiger partial charge in [0.25, 0.3) is 0 Å². The predicted molar refractivity (Wildman–Crippen MR) is 76.6 cm³/mol. The van der Waals surface area contributed by atoms with E-state index in [0.717, 1.165) is 16.7 Å². The molecule has 0 saturated carbocycles. The number of rotatable bonds is 3. The zero-order valence-corrected chi connectivity index (χ0v) is 12.3. The van der Waals surface area contributed by atoms with Gasteiger partial charge in [0.05, 0.1) is 11.8 Å². The molecule has 1 N–H and O–H groups in total. The van der Waals surface area contributed by atoms with Gasteiger partial charge in [-0.3, -0.25) is 9.59 Å². The molecule has 0 aliphatic carbocycles. The molecule has 1 aromatic rings. The van der Waals surface area contributed by atoms with Crippen LogP contribution in [0, 0.1) is 19.3 Å². The summed E-state index contributed by atoms with van der Waals surface area (Å²) in [6.45, 7) is 6.55. The summed E-state index contributed by atoms with van der Waals surface area (Å²) in [5, 5.41) is 9.20. The number of aliphatic carboxylic acids is 1. The first-order valence-electron chi connectivity index (χ1n) is 6.89. The number of likely N-dealkylation sites (tertiary alicyclic amines) is 1. The van der Waals surface area contributed by atoms with Crippen LogP contribution >= 0.6 is 0 Å². The fourth-order valence-corrected chi connectivity index (χ4v) is 2.61. The molecule has 4 heteroatoms. The highest BCUT2D eigenvalue weighted by Crippen LogP contribution is 2.30. The Balaban J connectivity index is 2.07. The van der Waals surface area contributed by atoms with Crippen molar-refractivity contribution in [1.29, 1.82) is 0 Å². The summed E-state index contributed by atoms with van der Waals surface area (Å²) in [5.74, 6) is -0.803. The molecule has 1 fully saturated rings. The average molecular weight is 275 g/mol. The normalized spacial score (nSPS) is 22.1. The van der Waals surface area contributed by atoms with Gasteiger partial charge in [0.2, 0.25) is 5.91 Å². The van der Waals surface area contributed by atoms with Crippen LogP contribution in [-0.2, 0) is 16.0 Å². The van der Waals surface area contributed by atoms with Gasteiger partial charge in [-0.15, -0.1) is 0 Å². The lowest BCUT2D eigenvalue weighted by Gasteiger charge is -2.20. The molecule has 1 amide bonds. The second-order valence-corrected chi connectivity index (χ2v) is 6.04. The van der Waals surface area contributed by atoms with E-state index in [1.54, 1.807) is 11.8 Å². The van der Waals surface area contributed by atoms with E-state index in [4.69, 9.17) is 0 Å². The molecule has 108 valence electrons. The zero-order chi connectivity index (χ0) is 14.9. The summed E-state index contributed by atoms with van der Waals surface area (Å²) in [6.07, 6.45) is 0.879. The van der Waals surface area contributed by atoms with Crippen molar-refractivity contribution in [2.24, 2.45) is 5.41 Å². The van der Waals surface area contributed by atoms with Gasteiger partial charge in [-0.1, -0.05) is 23.8 Å². The van der Waals surface area contributed by atoms with Crippen LogP contribution in [0.15, 0.2) is 18.2 Å². The minimum absolute atomic E-state index is 0.0173. The number of benzene rings is 1. The Kier molecular flexibility index (Phi) is 3.84. The monoisotopic (exact) mass is 275 g/mol. The molecule has 1 aromatic carbocycles. The van der Waals surface area contributed by atoms with Gasteiger partial charge in [0.1, 0.15) is 0 Å². The van der Waals surface area contributed by atoms with Crippen LogP contribution in [0.4, 0.5) is 0 Å². The van der Waals surface area contributed by atoms with Crippen LogP contribution in [0.5, 0.6) is 0 Å². The number of nitrogens with zero attached hydrogens (tertiary/aromatic N) is 1. The molecule has 1 aliphatic heterocycles. The van der Waals surface area contributed by atoms with E-state index < -0.39 is 11.4 Å². The Labute approximate surface area is 119 Å². The number of carbonyl (C=O) groups excluding carboxylic acids is 1. The standard InChI is InChI=1S/C16H21NO3/c1-11-4-5-12(2)13(8-11)9-14(18)17-7-6-16(3,10-17)15(19)20/h4-5,8H,6-7,9-10H2,1-3H3,(H,19,20). The van der Waals surface area contributed by atoms with E-state index in [1.165, 1.54) is 0 Å². The minimum atomic E-state index is -0.820. The van der Waals surface area contributed by atoms with Crippen molar-refractivity contribution in [3.05, 3.63) is 34.9 Å². The zero-order valence-electron chi connectivity index (χ0n) is 12.3. The lowest BCUT2D eigenvalue weighted by molar-refractivity contribution is -0.147. The fourth-order valence-electron chi connectivity index (χ4n) is 2.61. The number of carboxylic acids is 1. The van der Waals surface area contributed by atoms with Crippen LogP contribution in [0.3, 0.4) is 0 Å². The molecular formula is C16H21NO3. The van der Waals surface area contributed by atoms with E-state index in [1.807, 2.05) is 32.0 Å². The van der Waals surface area contributed by atoms with Crippen LogP contribution in [-0.4, -0.2) is 35.0 Å². The van der Waals surface area contributed by atoms with Crippen LogP contribution in [0.25, 0.3) is 0 Å². The van der Waals surface area contributed by atoms with Crippen molar-refractivity contribution < 1.29 is 14.7 Å². The van der Waals surface area contributed by atoms with Crippen molar-refractivity contribution in [3.63, 3.8) is 0 Å². The summed E-state index contributed by atoms with van der Waals surface area (Å²) >= 11 is 0. The first-order chi connectivity index (χ1) is 9.32. The highest BCUT2D eigenvalue weighted by molar-refractivity contribution is 5.82. The Hall–Kier alpha value is -1.84. The predicted octanol–water partition coefficient (Wildman–Crippen LogP) is 2.17. The summed E-state index contributed by atoms with van der Waals surface area (Å²) in [7, 11) is 0. The number of amides is 1. The lowest BCUT2D eigenvalue weighted by Crippen LogP contribution is -2.35. The van der Waals surface area contributed by atoms with Gasteiger partial charge in [-0.25, -0.2) is 0 Å². The Morgan fingerprint density at radius 3 is 2.65 bits per heavy atom. The van der Waals surface area contributed by atoms with Crippen molar-refractivity contribution in [2.45, 2.75) is 33.6 Å². The van der Waals surface area contributed by atoms with Gasteiger partial charge in [0.15, 0.2) is 0 Å². The van der Waals surface area contributed by atoms with Crippen LogP contribution < -0.4 is 0 Å². The topological polar surface area (TPSA) is 57.6 Å². The first-order valence-corrected chi connectivity index (χ1v) is 6.89. The molecule has 1 unspecified atom stereocenters. The average Bonchev–Trinajstić information content (AvgIpc) is 2.78. The molecule has 0 radical (unpaired) electrons. The molecule has 1 atom stereocenters. The second-order valence-electron chi connectivity index (χ2n) is 6.04. The van der Waals surface area contributed by atoms with Crippen molar-refractivity contribution in [3.8, 4) is 0 Å². The number of carboxylic acid groups (broad SMARTS) is 1. The fraction of sp³-hybridized carbons (Fsp3) is 0.500. The lowest BCUT2D eigenvalue weighted by atomic mass is 9.90. The number of aryl methyl sites for hydroxylation is 2. The van der Waals surface area contributed by atoms with E-state index >= 15 is 0 Å². The molecule has 20 heavy (non-hydrogen) atoms. The smallest absolute Gasteiger partial charge is 0.311 e. The Morgan fingerprint density at radius 2 is 2.05 bits per heavy atom. The minimum Gasteiger partial charge on any atom is -0.481 e. The molecule has 0 aromatic heterocycles. The maximum atomic E-state index is 12.3. The van der Waals surface area contributed by atoms with Gasteiger partial charge >= 0.3 is 5.97 Å². The third-order valence-corrected chi connectivity index (χ3v) is 4.19. The van der Waals surface area contributed by atoms with E-state index in [-0.39, 0.29) is 5.91 Å². The van der Waals surface area contributed by atoms with Gasteiger partial charge < -0.3 is 10.0 Å². The maximum absolute atomic E-state index is 12.3. The molecule has 2 rings (SSSR count). The molecule has 1 saturated heterocycles. The highest BCUT2D eigenvalue weighted by atomic mass is 16.4. The maximum Gasteiger partial charge on any atom is 0.311 e. The quantitative estimate of drug-likeness (QED) is 0.919. The van der Waals surface area contributed by atoms with Crippen molar-refractivity contribution in [2.75, 3.05) is 13.1 Å². The summed E-state index contributed by atoms with van der Waals surface area (Å²) in [4.78, 5) is 25.2. The van der Waals surface area contributed by atoms with Crippen molar-refractivity contribution >= 4 is 11.9 Å². The van der Waals surface area contributed by atoms with Crippen LogP contribution in [0.1, 0.15) is 30.0 Å². The Bertz CT molecular complexity index is 553. The van der Waals surface area contributed by atoms with Crippen molar-refractivity contribution in [1.82, 2.24) is 4.90 Å². The molecule has 1 aliphatic rings. The van der Waals surface area contributed by atoms with Gasteiger partial charge in [-0.2, -0.15) is 0 Å². The first kappa shape index (κ1) is 14.6. The molecule has 1 heterocycles. The number of hydrogen-bond acceptors (Lipinski definition) is 2. The van der Waals surface area contributed by atoms with Gasteiger partial charge in [-0.05, 0) is 38.3 Å². The molecular weight excluding hydrogens is 254 g/mol. The third kappa shape index (κ3) is 2.84. The largest absolute Gasteiger partial charge is 0.481 e. The summed E-state index contributed by atoms with van der Waals surface area (Å²) < 4.78 is 0. The molecule has 0 spiro atoms. The summed E-state index contributed by atoms with van der Waals surface area (Å²) in [6, 6.07) is 6.07. The second kappa shape index (κ2) is 5.27. The summed E-state index contributed by atoms with van der Waals surface area (Å²) in [5.41, 5.74) is 2.47. The molecule has 4 nitrogen and oxygen atoms in total. The third-order valence-electron chi connectivity index (χ3n) is 4.19. The van der Waals surface area contributed by atoms with E-state index in [9.17, 15) is 14.7 Å². The van der Waals surface area contributed by atoms with E-state index in [0.29, 0.717) is 25.9 Å². The number of carbonyl (C=O) groups is 2. The van der Waals surface area contributed by atoms with Gasteiger partial charge in [0, 0.05) is 13.1 Å². The number of hydrogen-bond donors (Lipinski definition) is 1. The van der Waals surface area contributed by atoms with Crippen LogP contribution in [0.2, 0.25) is 0 Å². The SMILES string of the molecule is Cc1ccc(C)c(CC(=O)N2CCC(C)(C(=O)O)C2)c1. The molecule has 0 bridgehead atoms. The Morgan fingerprint density at radius 1 is 1.35 bits per heavy atom.